The monoisotopic (exact) mass is 332 g/mol. The molecule has 0 bridgehead atoms. The van der Waals surface area contributed by atoms with Crippen LogP contribution in [0.25, 0.3) is 0 Å². The lowest BCUT2D eigenvalue weighted by Gasteiger charge is -2.11. The number of para-hydroxylation sites is 1. The molecule has 1 amide bonds. The van der Waals surface area contributed by atoms with Crippen molar-refractivity contribution < 1.29 is 9.53 Å². The van der Waals surface area contributed by atoms with Gasteiger partial charge in [0.2, 0.25) is 5.91 Å². The average molecular weight is 333 g/mol. The molecular formula is C18H21ClN2O2. The lowest BCUT2D eigenvalue weighted by atomic mass is 10.0. The van der Waals surface area contributed by atoms with Crippen LogP contribution >= 0.6 is 12.4 Å². The fraction of sp³-hybridized carbons (Fsp3) is 0.278. The summed E-state index contributed by atoms with van der Waals surface area (Å²) < 4.78 is 5.77. The Morgan fingerprint density at radius 3 is 2.65 bits per heavy atom. The van der Waals surface area contributed by atoms with E-state index in [2.05, 4.69) is 10.6 Å². The number of benzene rings is 2. The zero-order chi connectivity index (χ0) is 15.2. The van der Waals surface area contributed by atoms with Gasteiger partial charge in [-0.25, -0.2) is 0 Å². The predicted molar refractivity (Wildman–Crippen MR) is 94.4 cm³/mol. The van der Waals surface area contributed by atoms with Crippen LogP contribution in [-0.4, -0.2) is 19.0 Å². The first kappa shape index (κ1) is 17.3. The van der Waals surface area contributed by atoms with Gasteiger partial charge in [0.05, 0.1) is 0 Å². The highest BCUT2D eigenvalue weighted by atomic mass is 35.5. The topological polar surface area (TPSA) is 50.4 Å². The van der Waals surface area contributed by atoms with Gasteiger partial charge in [0.1, 0.15) is 11.5 Å². The van der Waals surface area contributed by atoms with Crippen molar-refractivity contribution >= 4 is 24.0 Å². The van der Waals surface area contributed by atoms with Crippen LogP contribution in [0.4, 0.5) is 5.69 Å². The number of amides is 1. The van der Waals surface area contributed by atoms with Gasteiger partial charge in [-0.1, -0.05) is 24.3 Å². The van der Waals surface area contributed by atoms with Crippen LogP contribution in [0.15, 0.2) is 54.6 Å². The van der Waals surface area contributed by atoms with E-state index in [4.69, 9.17) is 4.74 Å². The molecule has 5 heteroatoms. The summed E-state index contributed by atoms with van der Waals surface area (Å²) in [5.41, 5.74) is 0.768. The zero-order valence-electron chi connectivity index (χ0n) is 12.8. The highest BCUT2D eigenvalue weighted by Crippen LogP contribution is 2.24. The molecule has 3 rings (SSSR count). The number of halogens is 1. The van der Waals surface area contributed by atoms with Gasteiger partial charge in [0, 0.05) is 18.2 Å². The second kappa shape index (κ2) is 8.56. The molecule has 1 aliphatic rings. The van der Waals surface area contributed by atoms with Gasteiger partial charge in [0.25, 0.3) is 0 Å². The molecule has 0 aliphatic carbocycles. The van der Waals surface area contributed by atoms with Crippen molar-refractivity contribution in [3.05, 3.63) is 54.6 Å². The molecule has 1 heterocycles. The van der Waals surface area contributed by atoms with E-state index in [1.54, 1.807) is 0 Å². The molecule has 2 N–H and O–H groups in total. The first-order chi connectivity index (χ1) is 10.8. The number of anilines is 1. The number of rotatable bonds is 5. The Hall–Kier alpha value is -2.04. The molecule has 0 aromatic heterocycles. The van der Waals surface area contributed by atoms with Gasteiger partial charge in [-0.2, -0.15) is 0 Å². The first-order valence-electron chi connectivity index (χ1n) is 7.63. The van der Waals surface area contributed by atoms with Gasteiger partial charge in [-0.05, 0) is 49.7 Å². The molecule has 122 valence electrons. The van der Waals surface area contributed by atoms with E-state index in [1.165, 1.54) is 0 Å². The van der Waals surface area contributed by atoms with Gasteiger partial charge < -0.3 is 15.4 Å². The minimum Gasteiger partial charge on any atom is -0.457 e. The van der Waals surface area contributed by atoms with Gasteiger partial charge in [-0.3, -0.25) is 4.79 Å². The third kappa shape index (κ3) is 5.27. The van der Waals surface area contributed by atoms with Crippen molar-refractivity contribution in [1.29, 1.82) is 0 Å². The molecule has 0 saturated carbocycles. The van der Waals surface area contributed by atoms with E-state index in [0.717, 1.165) is 30.9 Å². The van der Waals surface area contributed by atoms with Gasteiger partial charge >= 0.3 is 0 Å². The number of carbonyl (C=O) groups excluding carboxylic acids is 1. The Bertz CT molecular complexity index is 628. The van der Waals surface area contributed by atoms with Gasteiger partial charge in [-0.15, -0.1) is 12.4 Å². The Morgan fingerprint density at radius 2 is 1.91 bits per heavy atom. The van der Waals surface area contributed by atoms with Crippen molar-refractivity contribution in [3.63, 3.8) is 0 Å². The summed E-state index contributed by atoms with van der Waals surface area (Å²) in [6.45, 7) is 1.95. The molecule has 1 aliphatic heterocycles. The highest BCUT2D eigenvalue weighted by molar-refractivity contribution is 5.91. The van der Waals surface area contributed by atoms with Crippen LogP contribution in [-0.2, 0) is 4.79 Å². The quantitative estimate of drug-likeness (QED) is 0.874. The van der Waals surface area contributed by atoms with E-state index in [0.29, 0.717) is 18.1 Å². The fourth-order valence-corrected chi connectivity index (χ4v) is 2.62. The number of ether oxygens (including phenoxy) is 1. The molecule has 2 aromatic carbocycles. The third-order valence-corrected chi connectivity index (χ3v) is 3.73. The SMILES string of the molecule is Cl.O=C(CC1CCNC1)Nc1cccc(Oc2ccccc2)c1. The Kier molecular flexibility index (Phi) is 6.44. The lowest BCUT2D eigenvalue weighted by Crippen LogP contribution is -2.18. The fourth-order valence-electron chi connectivity index (χ4n) is 2.62. The minimum atomic E-state index is 0. The van der Waals surface area contributed by atoms with Crippen molar-refractivity contribution in [2.24, 2.45) is 5.92 Å². The zero-order valence-corrected chi connectivity index (χ0v) is 13.6. The van der Waals surface area contributed by atoms with E-state index < -0.39 is 0 Å². The van der Waals surface area contributed by atoms with Crippen LogP contribution in [0.1, 0.15) is 12.8 Å². The van der Waals surface area contributed by atoms with E-state index in [-0.39, 0.29) is 18.3 Å². The largest absolute Gasteiger partial charge is 0.457 e. The highest BCUT2D eigenvalue weighted by Gasteiger charge is 2.18. The van der Waals surface area contributed by atoms with Crippen LogP contribution < -0.4 is 15.4 Å². The number of hydrogen-bond donors (Lipinski definition) is 2. The maximum atomic E-state index is 12.1. The molecule has 0 radical (unpaired) electrons. The van der Waals surface area contributed by atoms with Crippen molar-refractivity contribution in [3.8, 4) is 11.5 Å². The summed E-state index contributed by atoms with van der Waals surface area (Å²) in [7, 11) is 0. The summed E-state index contributed by atoms with van der Waals surface area (Å²) >= 11 is 0. The molecule has 1 unspecified atom stereocenters. The summed E-state index contributed by atoms with van der Waals surface area (Å²) in [6, 6.07) is 17.1. The normalized spacial score (nSPS) is 16.4. The number of carbonyl (C=O) groups is 1. The Morgan fingerprint density at radius 1 is 1.13 bits per heavy atom. The molecule has 1 atom stereocenters. The van der Waals surface area contributed by atoms with E-state index >= 15 is 0 Å². The second-order valence-electron chi connectivity index (χ2n) is 5.55. The van der Waals surface area contributed by atoms with Crippen LogP contribution in [0.2, 0.25) is 0 Å². The molecule has 0 spiro atoms. The smallest absolute Gasteiger partial charge is 0.224 e. The molecular weight excluding hydrogens is 312 g/mol. The molecule has 4 nitrogen and oxygen atoms in total. The Labute approximate surface area is 142 Å². The summed E-state index contributed by atoms with van der Waals surface area (Å²) in [6.07, 6.45) is 1.64. The van der Waals surface area contributed by atoms with E-state index in [1.807, 2.05) is 54.6 Å². The van der Waals surface area contributed by atoms with Crippen LogP contribution in [0.5, 0.6) is 11.5 Å². The maximum Gasteiger partial charge on any atom is 0.224 e. The second-order valence-corrected chi connectivity index (χ2v) is 5.55. The van der Waals surface area contributed by atoms with E-state index in [9.17, 15) is 4.79 Å². The van der Waals surface area contributed by atoms with Crippen molar-refractivity contribution in [2.45, 2.75) is 12.8 Å². The molecule has 23 heavy (non-hydrogen) atoms. The summed E-state index contributed by atoms with van der Waals surface area (Å²) in [4.78, 5) is 12.1. The van der Waals surface area contributed by atoms with Gasteiger partial charge in [0.15, 0.2) is 0 Å². The standard InChI is InChI=1S/C18H20N2O2.ClH/c21-18(11-14-9-10-19-13-14)20-15-5-4-8-17(12-15)22-16-6-2-1-3-7-16;/h1-8,12,14,19H,9-11,13H2,(H,20,21);1H. The summed E-state index contributed by atoms with van der Waals surface area (Å²) in [5, 5.41) is 6.23. The minimum absolute atomic E-state index is 0. The maximum absolute atomic E-state index is 12.1. The van der Waals surface area contributed by atoms with Crippen LogP contribution in [0, 0.1) is 5.92 Å². The number of nitrogens with one attached hydrogen (secondary N) is 2. The summed E-state index contributed by atoms with van der Waals surface area (Å²) in [5.74, 6) is 2.00. The van der Waals surface area contributed by atoms with Crippen LogP contribution in [0.3, 0.4) is 0 Å². The predicted octanol–water partition coefficient (Wildman–Crippen LogP) is 3.84. The average Bonchev–Trinajstić information content (AvgIpc) is 3.01. The third-order valence-electron chi connectivity index (χ3n) is 3.73. The molecule has 1 fully saturated rings. The Balaban J connectivity index is 0.00000192. The van der Waals surface area contributed by atoms with Crippen molar-refractivity contribution in [1.82, 2.24) is 5.32 Å². The lowest BCUT2D eigenvalue weighted by molar-refractivity contribution is -0.116. The molecule has 1 saturated heterocycles. The first-order valence-corrected chi connectivity index (χ1v) is 7.63. The van der Waals surface area contributed by atoms with Crippen molar-refractivity contribution in [2.75, 3.05) is 18.4 Å². The molecule has 2 aromatic rings. The number of hydrogen-bond acceptors (Lipinski definition) is 3.